The molecule has 2 aromatic rings. The number of nitrogens with zero attached hydrogens (tertiary/aromatic N) is 3. The Morgan fingerprint density at radius 3 is 2.75 bits per heavy atom. The van der Waals surface area contributed by atoms with Crippen molar-refractivity contribution in [1.29, 1.82) is 0 Å². The number of pyridine rings is 2. The fourth-order valence-corrected chi connectivity index (χ4v) is 3.79. The van der Waals surface area contributed by atoms with Gasteiger partial charge in [0.25, 0.3) is 0 Å². The van der Waals surface area contributed by atoms with Crippen LogP contribution in [0.3, 0.4) is 0 Å². The van der Waals surface area contributed by atoms with Gasteiger partial charge < -0.3 is 9.47 Å². The summed E-state index contributed by atoms with van der Waals surface area (Å²) in [4.78, 5) is 11.2. The van der Waals surface area contributed by atoms with Crippen LogP contribution >= 0.6 is 0 Å². The molecule has 0 radical (unpaired) electrons. The predicted octanol–water partition coefficient (Wildman–Crippen LogP) is 2.54. The third-order valence-corrected chi connectivity index (χ3v) is 4.94. The number of rotatable bonds is 5. The Morgan fingerprint density at radius 2 is 1.96 bits per heavy atom. The first-order chi connectivity index (χ1) is 11.9. The van der Waals surface area contributed by atoms with E-state index in [0.717, 1.165) is 38.2 Å². The van der Waals surface area contributed by atoms with Crippen LogP contribution in [0, 0.1) is 5.92 Å². The van der Waals surface area contributed by atoms with Gasteiger partial charge in [0, 0.05) is 37.6 Å². The molecule has 0 amide bonds. The number of aromatic nitrogens is 2. The summed E-state index contributed by atoms with van der Waals surface area (Å²) in [6.07, 6.45) is 6.13. The average Bonchev–Trinajstić information content (AvgIpc) is 3.06. The van der Waals surface area contributed by atoms with Crippen molar-refractivity contribution >= 4 is 0 Å². The van der Waals surface area contributed by atoms with E-state index < -0.39 is 0 Å². The Morgan fingerprint density at radius 1 is 1.08 bits per heavy atom. The van der Waals surface area contributed by atoms with E-state index in [2.05, 4.69) is 27.0 Å². The van der Waals surface area contributed by atoms with Crippen molar-refractivity contribution in [2.45, 2.75) is 31.5 Å². The van der Waals surface area contributed by atoms with Crippen LogP contribution in [-0.4, -0.2) is 46.8 Å². The summed E-state index contributed by atoms with van der Waals surface area (Å²) in [6.45, 7) is 3.40. The Labute approximate surface area is 142 Å². The number of ether oxygens (including phenoxy) is 2. The second kappa shape index (κ2) is 7.28. The van der Waals surface area contributed by atoms with Crippen molar-refractivity contribution in [1.82, 2.24) is 14.9 Å². The van der Waals surface area contributed by atoms with Crippen LogP contribution in [0.15, 0.2) is 48.8 Å². The smallest absolute Gasteiger partial charge is 0.213 e. The number of hydrogen-bond acceptors (Lipinski definition) is 5. The first-order valence-corrected chi connectivity index (χ1v) is 8.68. The van der Waals surface area contributed by atoms with Crippen molar-refractivity contribution in [2.24, 2.45) is 5.92 Å². The molecule has 0 N–H and O–H groups in total. The van der Waals surface area contributed by atoms with Crippen molar-refractivity contribution < 1.29 is 9.47 Å². The van der Waals surface area contributed by atoms with Gasteiger partial charge in [-0.05, 0) is 37.0 Å². The molecule has 126 valence electrons. The molecular weight excluding hydrogens is 302 g/mol. The molecule has 5 heteroatoms. The van der Waals surface area contributed by atoms with Gasteiger partial charge in [0.05, 0.1) is 25.0 Å². The molecule has 3 atom stereocenters. The molecule has 3 heterocycles. The topological polar surface area (TPSA) is 47.5 Å². The molecule has 1 saturated carbocycles. The second-order valence-electron chi connectivity index (χ2n) is 6.58. The standard InChI is InChI=1S/C19H23N3O2/c1-3-7-20-16(5-1)13-22-9-10-23-18-12-15(11-17(18)22)14-24-19-6-2-4-8-21-19/h1-8,15,17-18H,9-14H2/t15-,17+,18+/m0/s1. The van der Waals surface area contributed by atoms with Crippen LogP contribution in [0.25, 0.3) is 0 Å². The highest BCUT2D eigenvalue weighted by Gasteiger charge is 2.41. The molecule has 1 aliphatic heterocycles. The molecule has 0 spiro atoms. The van der Waals surface area contributed by atoms with Gasteiger partial charge in [-0.25, -0.2) is 4.98 Å². The highest BCUT2D eigenvalue weighted by Crippen LogP contribution is 2.35. The van der Waals surface area contributed by atoms with E-state index in [1.165, 1.54) is 0 Å². The van der Waals surface area contributed by atoms with Crippen LogP contribution < -0.4 is 4.74 Å². The van der Waals surface area contributed by atoms with Crippen LogP contribution in [0.4, 0.5) is 0 Å². The average molecular weight is 325 g/mol. The van der Waals surface area contributed by atoms with Crippen molar-refractivity contribution in [2.75, 3.05) is 19.8 Å². The predicted molar refractivity (Wildman–Crippen MR) is 90.6 cm³/mol. The van der Waals surface area contributed by atoms with E-state index in [9.17, 15) is 0 Å². The van der Waals surface area contributed by atoms with Crippen molar-refractivity contribution in [3.8, 4) is 5.88 Å². The zero-order valence-electron chi connectivity index (χ0n) is 13.8. The molecule has 2 fully saturated rings. The fraction of sp³-hybridized carbons (Fsp3) is 0.474. The monoisotopic (exact) mass is 325 g/mol. The zero-order chi connectivity index (χ0) is 16.2. The lowest BCUT2D eigenvalue weighted by Crippen LogP contribution is -2.47. The van der Waals surface area contributed by atoms with Gasteiger partial charge in [-0.15, -0.1) is 0 Å². The summed E-state index contributed by atoms with van der Waals surface area (Å²) >= 11 is 0. The first kappa shape index (κ1) is 15.5. The summed E-state index contributed by atoms with van der Waals surface area (Å²) in [5.41, 5.74) is 1.13. The van der Waals surface area contributed by atoms with Gasteiger partial charge in [-0.1, -0.05) is 12.1 Å². The van der Waals surface area contributed by atoms with Gasteiger partial charge in [0.15, 0.2) is 0 Å². The number of hydrogen-bond donors (Lipinski definition) is 0. The minimum Gasteiger partial charge on any atom is -0.477 e. The van der Waals surface area contributed by atoms with E-state index in [1.807, 2.05) is 30.5 Å². The van der Waals surface area contributed by atoms with Gasteiger partial charge >= 0.3 is 0 Å². The quantitative estimate of drug-likeness (QED) is 0.845. The Kier molecular flexibility index (Phi) is 4.71. The molecule has 5 nitrogen and oxygen atoms in total. The van der Waals surface area contributed by atoms with Crippen LogP contribution in [0.5, 0.6) is 5.88 Å². The lowest BCUT2D eigenvalue weighted by atomic mass is 10.1. The molecule has 1 aliphatic carbocycles. The van der Waals surface area contributed by atoms with E-state index in [0.29, 0.717) is 30.6 Å². The lowest BCUT2D eigenvalue weighted by molar-refractivity contribution is -0.0594. The number of fused-ring (bicyclic) bond motifs is 1. The van der Waals surface area contributed by atoms with Crippen LogP contribution in [0.2, 0.25) is 0 Å². The van der Waals surface area contributed by atoms with E-state index in [1.54, 1.807) is 6.20 Å². The Bertz CT molecular complexity index is 638. The lowest BCUT2D eigenvalue weighted by Gasteiger charge is -2.37. The molecule has 2 aromatic heterocycles. The highest BCUT2D eigenvalue weighted by atomic mass is 16.5. The maximum absolute atomic E-state index is 6.02. The molecule has 0 unspecified atom stereocenters. The third kappa shape index (κ3) is 3.57. The highest BCUT2D eigenvalue weighted by molar-refractivity contribution is 5.09. The summed E-state index contributed by atoms with van der Waals surface area (Å²) < 4.78 is 11.9. The third-order valence-electron chi connectivity index (χ3n) is 4.94. The van der Waals surface area contributed by atoms with Crippen molar-refractivity contribution in [3.63, 3.8) is 0 Å². The van der Waals surface area contributed by atoms with E-state index in [4.69, 9.17) is 9.47 Å². The fourth-order valence-electron chi connectivity index (χ4n) is 3.79. The molecule has 4 rings (SSSR count). The van der Waals surface area contributed by atoms with Crippen molar-refractivity contribution in [3.05, 3.63) is 54.5 Å². The molecule has 0 bridgehead atoms. The summed E-state index contributed by atoms with van der Waals surface area (Å²) in [6, 6.07) is 12.4. The minimum absolute atomic E-state index is 0.319. The van der Waals surface area contributed by atoms with Gasteiger partial charge in [0.2, 0.25) is 5.88 Å². The molecule has 0 aromatic carbocycles. The summed E-state index contributed by atoms with van der Waals surface area (Å²) in [5.74, 6) is 1.23. The SMILES string of the molecule is c1ccc(CN2CCO[C@@H]3C[C@@H](COc4ccccn4)C[C@H]32)nc1. The maximum atomic E-state index is 6.02. The van der Waals surface area contributed by atoms with E-state index in [-0.39, 0.29) is 0 Å². The maximum Gasteiger partial charge on any atom is 0.213 e. The summed E-state index contributed by atoms with van der Waals surface area (Å²) in [5, 5.41) is 0. The second-order valence-corrected chi connectivity index (χ2v) is 6.58. The molecule has 24 heavy (non-hydrogen) atoms. The first-order valence-electron chi connectivity index (χ1n) is 8.68. The largest absolute Gasteiger partial charge is 0.477 e. The van der Waals surface area contributed by atoms with Crippen LogP contribution in [-0.2, 0) is 11.3 Å². The molecular formula is C19H23N3O2. The number of morpholine rings is 1. The van der Waals surface area contributed by atoms with Gasteiger partial charge in [0.1, 0.15) is 0 Å². The normalized spacial score (nSPS) is 26.9. The van der Waals surface area contributed by atoms with E-state index >= 15 is 0 Å². The zero-order valence-corrected chi connectivity index (χ0v) is 13.8. The minimum atomic E-state index is 0.319. The van der Waals surface area contributed by atoms with Gasteiger partial charge in [-0.2, -0.15) is 0 Å². The van der Waals surface area contributed by atoms with Gasteiger partial charge in [-0.3, -0.25) is 9.88 Å². The molecule has 1 saturated heterocycles. The Hall–Kier alpha value is -1.98. The molecule has 2 aliphatic rings. The summed E-state index contributed by atoms with van der Waals surface area (Å²) in [7, 11) is 0. The Balaban J connectivity index is 1.35. The van der Waals surface area contributed by atoms with Crippen LogP contribution in [0.1, 0.15) is 18.5 Å².